The summed E-state index contributed by atoms with van der Waals surface area (Å²) >= 11 is 1.43. The second kappa shape index (κ2) is 7.17. The first kappa shape index (κ1) is 17.9. The lowest BCUT2D eigenvalue weighted by Crippen LogP contribution is -2.22. The zero-order valence-electron chi connectivity index (χ0n) is 15.3. The minimum absolute atomic E-state index is 0.198. The molecule has 0 fully saturated rings. The number of aryl methyl sites for hydroxylation is 1. The summed E-state index contributed by atoms with van der Waals surface area (Å²) in [4.78, 5) is 20.0. The van der Waals surface area contributed by atoms with Gasteiger partial charge in [0.25, 0.3) is 5.56 Å². The average Bonchev–Trinajstić information content (AvgIpc) is 3.04. The minimum Gasteiger partial charge on any atom is -0.493 e. The zero-order valence-corrected chi connectivity index (χ0v) is 16.1. The van der Waals surface area contributed by atoms with Crippen LogP contribution in [0.4, 0.5) is 0 Å². The minimum atomic E-state index is -0.198. The lowest BCUT2D eigenvalue weighted by molar-refractivity contribution is 0.355. The molecule has 0 aliphatic rings. The van der Waals surface area contributed by atoms with Crippen molar-refractivity contribution in [2.45, 2.75) is 6.92 Å². The molecule has 0 saturated carbocycles. The summed E-state index contributed by atoms with van der Waals surface area (Å²) in [5.41, 5.74) is 1.47. The number of nitrogens with zero attached hydrogens (tertiary/aromatic N) is 4. The van der Waals surface area contributed by atoms with Gasteiger partial charge in [0, 0.05) is 25.0 Å². The monoisotopic (exact) mass is 372 g/mol. The van der Waals surface area contributed by atoms with E-state index in [1.54, 1.807) is 32.4 Å². The van der Waals surface area contributed by atoms with Gasteiger partial charge in [0.05, 0.1) is 19.6 Å². The maximum absolute atomic E-state index is 13.0. The SMILES string of the molecule is COc1ccc(-c2csc3nc(C)n(/N=C/N(C)C)c(=O)c23)cc1OC. The van der Waals surface area contributed by atoms with Crippen LogP contribution in [0.5, 0.6) is 11.5 Å². The van der Waals surface area contributed by atoms with Gasteiger partial charge >= 0.3 is 0 Å². The van der Waals surface area contributed by atoms with Crippen LogP contribution in [0, 0.1) is 6.92 Å². The smallest absolute Gasteiger partial charge is 0.283 e. The second-order valence-electron chi connectivity index (χ2n) is 5.87. The quantitative estimate of drug-likeness (QED) is 0.509. The number of aromatic nitrogens is 2. The van der Waals surface area contributed by atoms with E-state index >= 15 is 0 Å². The number of hydrogen-bond acceptors (Lipinski definition) is 6. The molecule has 8 heteroatoms. The summed E-state index contributed by atoms with van der Waals surface area (Å²) in [7, 11) is 6.86. The van der Waals surface area contributed by atoms with Gasteiger partial charge in [0.1, 0.15) is 17.0 Å². The average molecular weight is 372 g/mol. The molecular weight excluding hydrogens is 352 g/mol. The summed E-state index contributed by atoms with van der Waals surface area (Å²) in [5, 5.41) is 6.71. The Morgan fingerprint density at radius 1 is 1.23 bits per heavy atom. The molecule has 0 radical (unpaired) electrons. The number of rotatable bonds is 5. The number of hydrogen-bond donors (Lipinski definition) is 0. The summed E-state index contributed by atoms with van der Waals surface area (Å²) < 4.78 is 12.0. The van der Waals surface area contributed by atoms with Crippen molar-refractivity contribution in [1.29, 1.82) is 0 Å². The number of methoxy groups -OCH3 is 2. The highest BCUT2D eigenvalue weighted by Crippen LogP contribution is 2.36. The molecule has 0 unspecified atom stereocenters. The lowest BCUT2D eigenvalue weighted by atomic mass is 10.1. The lowest BCUT2D eigenvalue weighted by Gasteiger charge is -2.10. The Labute approximate surface area is 155 Å². The topological polar surface area (TPSA) is 69.0 Å². The van der Waals surface area contributed by atoms with Crippen LogP contribution in [0.1, 0.15) is 5.82 Å². The molecule has 0 saturated heterocycles. The van der Waals surface area contributed by atoms with Gasteiger partial charge < -0.3 is 14.4 Å². The molecule has 7 nitrogen and oxygen atoms in total. The van der Waals surface area contributed by atoms with Gasteiger partial charge in [-0.25, -0.2) is 4.98 Å². The van der Waals surface area contributed by atoms with Gasteiger partial charge in [-0.15, -0.1) is 11.3 Å². The Bertz CT molecular complexity index is 1040. The van der Waals surface area contributed by atoms with Gasteiger partial charge in [-0.3, -0.25) is 4.79 Å². The first-order valence-electron chi connectivity index (χ1n) is 7.90. The fraction of sp³-hybridized carbons (Fsp3) is 0.278. The number of ether oxygens (including phenoxy) is 2. The van der Waals surface area contributed by atoms with Crippen molar-refractivity contribution >= 4 is 27.9 Å². The highest BCUT2D eigenvalue weighted by Gasteiger charge is 2.16. The maximum Gasteiger partial charge on any atom is 0.283 e. The van der Waals surface area contributed by atoms with Crippen molar-refractivity contribution in [2.24, 2.45) is 5.10 Å². The van der Waals surface area contributed by atoms with Gasteiger partial charge in [0.15, 0.2) is 11.5 Å². The van der Waals surface area contributed by atoms with Crippen molar-refractivity contribution in [3.63, 3.8) is 0 Å². The normalized spacial score (nSPS) is 11.3. The predicted octanol–water partition coefficient (Wildman–Crippen LogP) is 2.80. The fourth-order valence-electron chi connectivity index (χ4n) is 2.59. The Balaban J connectivity index is 2.22. The third kappa shape index (κ3) is 3.15. The summed E-state index contributed by atoms with van der Waals surface area (Å²) in [6.45, 7) is 1.77. The van der Waals surface area contributed by atoms with E-state index in [-0.39, 0.29) is 5.56 Å². The molecule has 0 aliphatic carbocycles. The second-order valence-corrected chi connectivity index (χ2v) is 6.73. The van der Waals surface area contributed by atoms with E-state index < -0.39 is 0 Å². The van der Waals surface area contributed by atoms with Crippen molar-refractivity contribution in [2.75, 3.05) is 28.3 Å². The summed E-state index contributed by atoms with van der Waals surface area (Å²) in [5.74, 6) is 1.79. The van der Waals surface area contributed by atoms with E-state index in [2.05, 4.69) is 10.1 Å². The molecule has 3 aromatic rings. The van der Waals surface area contributed by atoms with E-state index in [0.717, 1.165) is 11.1 Å². The van der Waals surface area contributed by atoms with Gasteiger partial charge in [-0.1, -0.05) is 6.07 Å². The first-order chi connectivity index (χ1) is 12.5. The molecular formula is C18H20N4O3S. The highest BCUT2D eigenvalue weighted by molar-refractivity contribution is 7.17. The van der Waals surface area contributed by atoms with Crippen LogP contribution in [-0.2, 0) is 0 Å². The molecule has 0 bridgehead atoms. The number of thiophene rings is 1. The molecule has 1 aromatic carbocycles. The highest BCUT2D eigenvalue weighted by atomic mass is 32.1. The Morgan fingerprint density at radius 3 is 2.62 bits per heavy atom. The molecule has 2 heterocycles. The summed E-state index contributed by atoms with van der Waals surface area (Å²) in [6.07, 6.45) is 1.57. The third-order valence-corrected chi connectivity index (χ3v) is 4.71. The standard InChI is InChI=1S/C18H20N4O3S/c1-11-20-17-16(18(23)22(11)19-10-21(2)3)13(9-26-17)12-6-7-14(24-4)15(8-12)25-5/h6-10H,1-5H3/b19-10+. The molecule has 0 N–H and O–H groups in total. The molecule has 0 spiro atoms. The zero-order chi connectivity index (χ0) is 18.8. The van der Waals surface area contributed by atoms with Gasteiger partial charge in [0.2, 0.25) is 0 Å². The van der Waals surface area contributed by atoms with E-state index in [4.69, 9.17) is 9.47 Å². The van der Waals surface area contributed by atoms with Crippen molar-refractivity contribution in [3.05, 3.63) is 39.8 Å². The predicted molar refractivity (Wildman–Crippen MR) is 105 cm³/mol. The maximum atomic E-state index is 13.0. The van der Waals surface area contributed by atoms with Crippen LogP contribution in [0.25, 0.3) is 21.3 Å². The molecule has 0 atom stereocenters. The number of benzene rings is 1. The first-order valence-corrected chi connectivity index (χ1v) is 8.78. The molecule has 26 heavy (non-hydrogen) atoms. The van der Waals surface area contributed by atoms with Crippen LogP contribution in [0.3, 0.4) is 0 Å². The van der Waals surface area contributed by atoms with Crippen molar-refractivity contribution in [1.82, 2.24) is 14.6 Å². The third-order valence-electron chi connectivity index (χ3n) is 3.84. The molecule has 0 aliphatic heterocycles. The van der Waals surface area contributed by atoms with Crippen LogP contribution in [0.15, 0.2) is 33.5 Å². The van der Waals surface area contributed by atoms with Crippen LogP contribution in [-0.4, -0.2) is 49.2 Å². The molecule has 3 rings (SSSR count). The van der Waals surface area contributed by atoms with Gasteiger partial charge in [-0.05, 0) is 24.6 Å². The van der Waals surface area contributed by atoms with E-state index in [0.29, 0.717) is 27.5 Å². The summed E-state index contributed by atoms with van der Waals surface area (Å²) in [6, 6.07) is 5.57. The Hall–Kier alpha value is -2.87. The fourth-order valence-corrected chi connectivity index (χ4v) is 3.57. The van der Waals surface area contributed by atoms with E-state index in [1.807, 2.05) is 37.7 Å². The molecule has 2 aromatic heterocycles. The van der Waals surface area contributed by atoms with Gasteiger partial charge in [-0.2, -0.15) is 9.78 Å². The Kier molecular flexibility index (Phi) is 4.94. The molecule has 0 amide bonds. The molecule has 136 valence electrons. The largest absolute Gasteiger partial charge is 0.493 e. The van der Waals surface area contributed by atoms with Crippen molar-refractivity contribution < 1.29 is 9.47 Å². The van der Waals surface area contributed by atoms with E-state index in [9.17, 15) is 4.79 Å². The Morgan fingerprint density at radius 2 is 1.96 bits per heavy atom. The van der Waals surface area contributed by atoms with Crippen LogP contribution < -0.4 is 15.0 Å². The van der Waals surface area contributed by atoms with E-state index in [1.165, 1.54) is 16.0 Å². The van der Waals surface area contributed by atoms with Crippen LogP contribution >= 0.6 is 11.3 Å². The number of fused-ring (bicyclic) bond motifs is 1. The van der Waals surface area contributed by atoms with Crippen LogP contribution in [0.2, 0.25) is 0 Å². The van der Waals surface area contributed by atoms with Crippen molar-refractivity contribution in [3.8, 4) is 22.6 Å².